The first-order chi connectivity index (χ1) is 14.3. The first-order valence-electron chi connectivity index (χ1n) is 9.76. The lowest BCUT2D eigenvalue weighted by molar-refractivity contribution is -0.124. The van der Waals surface area contributed by atoms with Crippen LogP contribution >= 0.6 is 12.2 Å². The molecular weight excluding hydrogens is 405 g/mol. The molecule has 158 valence electrons. The van der Waals surface area contributed by atoms with Crippen LogP contribution < -0.4 is 15.0 Å². The summed E-state index contributed by atoms with van der Waals surface area (Å²) in [5, 5.41) is 3.12. The van der Waals surface area contributed by atoms with Crippen LogP contribution in [0.2, 0.25) is 0 Å². The molecule has 2 aromatic rings. The maximum absolute atomic E-state index is 13.3. The molecule has 1 fully saturated rings. The number of thiocarbonyl (C=S) groups is 1. The van der Waals surface area contributed by atoms with E-state index < -0.39 is 11.9 Å². The predicted octanol–water partition coefficient (Wildman–Crippen LogP) is 3.96. The lowest BCUT2D eigenvalue weighted by atomic mass is 10.1. The van der Waals surface area contributed by atoms with E-state index in [2.05, 4.69) is 5.32 Å². The SMILES string of the molecule is CCOc1ccc(NC(=O)C[C@@H]2C(=O)N(c3ccc(F)cc3)C(=S)N2C(C)C)cc1. The molecule has 8 heteroatoms. The molecule has 0 aliphatic carbocycles. The molecule has 30 heavy (non-hydrogen) atoms. The van der Waals surface area contributed by atoms with Gasteiger partial charge in [0.2, 0.25) is 5.91 Å². The van der Waals surface area contributed by atoms with Gasteiger partial charge in [-0.05, 0) is 81.5 Å². The van der Waals surface area contributed by atoms with Crippen molar-refractivity contribution in [1.82, 2.24) is 4.90 Å². The number of hydrogen-bond donors (Lipinski definition) is 1. The number of hydrogen-bond acceptors (Lipinski definition) is 4. The van der Waals surface area contributed by atoms with Gasteiger partial charge >= 0.3 is 0 Å². The number of carbonyl (C=O) groups excluding carboxylic acids is 2. The zero-order valence-electron chi connectivity index (χ0n) is 17.1. The van der Waals surface area contributed by atoms with Crippen LogP contribution in [0.15, 0.2) is 48.5 Å². The molecule has 0 spiro atoms. The van der Waals surface area contributed by atoms with Gasteiger partial charge in [0.15, 0.2) is 5.11 Å². The van der Waals surface area contributed by atoms with Crippen molar-refractivity contribution >= 4 is 40.5 Å². The quantitative estimate of drug-likeness (QED) is 0.675. The smallest absolute Gasteiger partial charge is 0.256 e. The van der Waals surface area contributed by atoms with Crippen molar-refractivity contribution in [3.05, 3.63) is 54.3 Å². The van der Waals surface area contributed by atoms with E-state index in [1.54, 1.807) is 29.2 Å². The van der Waals surface area contributed by atoms with Gasteiger partial charge < -0.3 is 15.0 Å². The Bertz CT molecular complexity index is 932. The molecule has 1 aliphatic heterocycles. The Morgan fingerprint density at radius 1 is 1.17 bits per heavy atom. The molecule has 0 bridgehead atoms. The number of halogens is 1. The molecule has 0 unspecified atom stereocenters. The van der Waals surface area contributed by atoms with Crippen molar-refractivity contribution < 1.29 is 18.7 Å². The van der Waals surface area contributed by atoms with Gasteiger partial charge in [0.25, 0.3) is 5.91 Å². The third-order valence-electron chi connectivity index (χ3n) is 4.72. The third kappa shape index (κ3) is 4.59. The first-order valence-corrected chi connectivity index (χ1v) is 10.2. The van der Waals surface area contributed by atoms with Crippen LogP contribution in [0.1, 0.15) is 27.2 Å². The van der Waals surface area contributed by atoms with Crippen molar-refractivity contribution in [2.24, 2.45) is 0 Å². The zero-order chi connectivity index (χ0) is 21.8. The van der Waals surface area contributed by atoms with E-state index in [0.29, 0.717) is 28.8 Å². The molecule has 1 saturated heterocycles. The van der Waals surface area contributed by atoms with Gasteiger partial charge in [0, 0.05) is 11.7 Å². The average molecular weight is 430 g/mol. The summed E-state index contributed by atoms with van der Waals surface area (Å²) in [6, 6.07) is 11.8. The molecule has 0 saturated carbocycles. The van der Waals surface area contributed by atoms with Crippen molar-refractivity contribution in [1.29, 1.82) is 0 Å². The van der Waals surface area contributed by atoms with Crippen LogP contribution in [0.25, 0.3) is 0 Å². The molecule has 2 aromatic carbocycles. The average Bonchev–Trinajstić information content (AvgIpc) is 2.94. The molecule has 1 aliphatic rings. The summed E-state index contributed by atoms with van der Waals surface area (Å²) in [5.41, 5.74) is 1.09. The second-order valence-corrected chi connectivity index (χ2v) is 7.52. The highest BCUT2D eigenvalue weighted by Gasteiger charge is 2.45. The fourth-order valence-corrected chi connectivity index (χ4v) is 3.93. The number of nitrogens with zero attached hydrogens (tertiary/aromatic N) is 2. The van der Waals surface area contributed by atoms with Gasteiger partial charge in [0.1, 0.15) is 17.6 Å². The van der Waals surface area contributed by atoms with Gasteiger partial charge in [-0.2, -0.15) is 0 Å². The summed E-state index contributed by atoms with van der Waals surface area (Å²) in [4.78, 5) is 28.9. The Labute approximate surface area is 180 Å². The highest BCUT2D eigenvalue weighted by molar-refractivity contribution is 7.80. The molecule has 2 amide bonds. The topological polar surface area (TPSA) is 61.9 Å². The van der Waals surface area contributed by atoms with Gasteiger partial charge in [-0.3, -0.25) is 14.5 Å². The van der Waals surface area contributed by atoms with Crippen LogP contribution in [0.3, 0.4) is 0 Å². The Kier molecular flexibility index (Phi) is 6.66. The molecule has 6 nitrogen and oxygen atoms in total. The molecule has 1 N–H and O–H groups in total. The van der Waals surface area contributed by atoms with E-state index in [9.17, 15) is 14.0 Å². The summed E-state index contributed by atoms with van der Waals surface area (Å²) in [7, 11) is 0. The Hall–Kier alpha value is -3.00. The molecule has 0 aromatic heterocycles. The lowest BCUT2D eigenvalue weighted by Crippen LogP contribution is -2.42. The van der Waals surface area contributed by atoms with E-state index in [-0.39, 0.29) is 24.3 Å². The summed E-state index contributed by atoms with van der Waals surface area (Å²) < 4.78 is 18.7. The van der Waals surface area contributed by atoms with E-state index in [1.165, 1.54) is 29.2 Å². The van der Waals surface area contributed by atoms with Crippen molar-refractivity contribution in [2.45, 2.75) is 39.3 Å². The second kappa shape index (κ2) is 9.21. The van der Waals surface area contributed by atoms with E-state index >= 15 is 0 Å². The van der Waals surface area contributed by atoms with Crippen molar-refractivity contribution in [3.63, 3.8) is 0 Å². The maximum atomic E-state index is 13.3. The van der Waals surface area contributed by atoms with Crippen LogP contribution in [-0.2, 0) is 9.59 Å². The van der Waals surface area contributed by atoms with Gasteiger partial charge in [-0.25, -0.2) is 4.39 Å². The van der Waals surface area contributed by atoms with Crippen molar-refractivity contribution in [3.8, 4) is 5.75 Å². The number of benzene rings is 2. The van der Waals surface area contributed by atoms with Gasteiger partial charge in [-0.15, -0.1) is 0 Å². The number of rotatable bonds is 7. The standard InChI is InChI=1S/C22H24FN3O3S/c1-4-29-18-11-7-16(8-12-18)24-20(27)13-19-21(28)26(22(30)25(19)14(2)3)17-9-5-15(23)6-10-17/h5-12,14,19H,4,13H2,1-3H3,(H,24,27)/t19-/m1/s1. The minimum absolute atomic E-state index is 0.0535. The maximum Gasteiger partial charge on any atom is 0.256 e. The second-order valence-electron chi connectivity index (χ2n) is 7.16. The van der Waals surface area contributed by atoms with Gasteiger partial charge in [-0.1, -0.05) is 0 Å². The molecule has 3 rings (SSSR count). The largest absolute Gasteiger partial charge is 0.494 e. The van der Waals surface area contributed by atoms with Gasteiger partial charge in [0.05, 0.1) is 18.7 Å². The lowest BCUT2D eigenvalue weighted by Gasteiger charge is -2.27. The number of nitrogens with one attached hydrogen (secondary N) is 1. The third-order valence-corrected chi connectivity index (χ3v) is 5.12. The van der Waals surface area contributed by atoms with Crippen LogP contribution in [0.5, 0.6) is 5.75 Å². The first kappa shape index (κ1) is 21.7. The Balaban J connectivity index is 1.75. The van der Waals surface area contributed by atoms with Crippen LogP contribution in [0, 0.1) is 5.82 Å². The minimum atomic E-state index is -0.731. The molecular formula is C22H24FN3O3S. The zero-order valence-corrected chi connectivity index (χ0v) is 17.9. The predicted molar refractivity (Wildman–Crippen MR) is 118 cm³/mol. The number of carbonyl (C=O) groups is 2. The minimum Gasteiger partial charge on any atom is -0.494 e. The summed E-state index contributed by atoms with van der Waals surface area (Å²) in [6.07, 6.45) is -0.0535. The van der Waals surface area contributed by atoms with E-state index in [0.717, 1.165) is 0 Å². The Morgan fingerprint density at radius 2 is 1.80 bits per heavy atom. The molecule has 0 radical (unpaired) electrons. The van der Waals surface area contributed by atoms with Crippen LogP contribution in [-0.4, -0.2) is 40.5 Å². The highest BCUT2D eigenvalue weighted by Crippen LogP contribution is 2.29. The summed E-state index contributed by atoms with van der Waals surface area (Å²) >= 11 is 5.52. The van der Waals surface area contributed by atoms with Crippen LogP contribution in [0.4, 0.5) is 15.8 Å². The molecule has 1 heterocycles. The summed E-state index contributed by atoms with van der Waals surface area (Å²) in [5.74, 6) is -0.287. The normalized spacial score (nSPS) is 16.4. The van der Waals surface area contributed by atoms with Crippen molar-refractivity contribution in [2.75, 3.05) is 16.8 Å². The highest BCUT2D eigenvalue weighted by atomic mass is 32.1. The number of ether oxygens (including phenoxy) is 1. The monoisotopic (exact) mass is 429 g/mol. The fraction of sp³-hybridized carbons (Fsp3) is 0.318. The van der Waals surface area contributed by atoms with E-state index in [1.807, 2.05) is 20.8 Å². The van der Waals surface area contributed by atoms with E-state index in [4.69, 9.17) is 17.0 Å². The fourth-order valence-electron chi connectivity index (χ4n) is 3.39. The number of amides is 2. The molecule has 1 atom stereocenters. The Morgan fingerprint density at radius 3 is 2.37 bits per heavy atom. The number of anilines is 2. The summed E-state index contributed by atoms with van der Waals surface area (Å²) in [6.45, 7) is 6.27.